The van der Waals surface area contributed by atoms with Crippen LogP contribution in [-0.2, 0) is 4.79 Å². The van der Waals surface area contributed by atoms with Gasteiger partial charge in [0.15, 0.2) is 6.10 Å². The van der Waals surface area contributed by atoms with Gasteiger partial charge in [-0.3, -0.25) is 4.79 Å². The molecule has 4 aromatic rings. The van der Waals surface area contributed by atoms with Gasteiger partial charge in [0.1, 0.15) is 23.7 Å². The summed E-state index contributed by atoms with van der Waals surface area (Å²) in [6, 6.07) is 16.8. The minimum Gasteiger partial charge on any atom is -0.486 e. The number of carbonyl (C=O) groups excluding carboxylic acids is 1. The summed E-state index contributed by atoms with van der Waals surface area (Å²) in [7, 11) is 0. The first-order valence-corrected chi connectivity index (χ1v) is 12.8. The third kappa shape index (κ3) is 5.41. The summed E-state index contributed by atoms with van der Waals surface area (Å²) in [4.78, 5) is 21.3. The van der Waals surface area contributed by atoms with Gasteiger partial charge in [0, 0.05) is 43.5 Å². The molecular formula is C29H30N6O4. The highest BCUT2D eigenvalue weighted by Crippen LogP contribution is 2.32. The van der Waals surface area contributed by atoms with Crippen molar-refractivity contribution in [3.63, 3.8) is 0 Å². The van der Waals surface area contributed by atoms with Gasteiger partial charge in [-0.05, 0) is 37.6 Å². The predicted octanol–water partition coefficient (Wildman–Crippen LogP) is 2.80. The largest absolute Gasteiger partial charge is 0.486 e. The SMILES string of the molecule is CC(O)[C@H](C)Oc1cc(-c2ccc(N3CCN(C(=O)[C@H](O)c4ccccc4)CC3)nc2)c2c(C#N)cnn2c1. The van der Waals surface area contributed by atoms with E-state index in [9.17, 15) is 20.3 Å². The van der Waals surface area contributed by atoms with Crippen molar-refractivity contribution >= 4 is 17.2 Å². The van der Waals surface area contributed by atoms with Crippen LogP contribution in [0.5, 0.6) is 5.75 Å². The van der Waals surface area contributed by atoms with E-state index in [1.807, 2.05) is 24.3 Å². The average Bonchev–Trinajstić information content (AvgIpc) is 3.39. The van der Waals surface area contributed by atoms with Crippen molar-refractivity contribution in [2.24, 2.45) is 0 Å². The van der Waals surface area contributed by atoms with Gasteiger partial charge in [-0.1, -0.05) is 30.3 Å². The first kappa shape index (κ1) is 26.2. The lowest BCUT2D eigenvalue weighted by Crippen LogP contribution is -2.50. The molecule has 0 saturated carbocycles. The Labute approximate surface area is 226 Å². The summed E-state index contributed by atoms with van der Waals surface area (Å²) in [5, 5.41) is 34.3. The number of fused-ring (bicyclic) bond motifs is 1. The number of aromatic nitrogens is 3. The average molecular weight is 527 g/mol. The minimum absolute atomic E-state index is 0.297. The quantitative estimate of drug-likeness (QED) is 0.376. The van der Waals surface area contributed by atoms with Crippen molar-refractivity contribution in [3.05, 3.63) is 78.2 Å². The Balaban J connectivity index is 1.32. The van der Waals surface area contributed by atoms with E-state index in [1.165, 1.54) is 6.20 Å². The lowest BCUT2D eigenvalue weighted by Gasteiger charge is -2.36. The van der Waals surface area contributed by atoms with Crippen molar-refractivity contribution in [2.75, 3.05) is 31.1 Å². The number of hydrogen-bond acceptors (Lipinski definition) is 8. The van der Waals surface area contributed by atoms with Crippen molar-refractivity contribution < 1.29 is 19.7 Å². The van der Waals surface area contributed by atoms with Crippen LogP contribution < -0.4 is 9.64 Å². The van der Waals surface area contributed by atoms with Crippen molar-refractivity contribution in [1.82, 2.24) is 19.5 Å². The van der Waals surface area contributed by atoms with E-state index in [0.717, 1.165) is 16.9 Å². The molecule has 1 aromatic carbocycles. The Kier molecular flexibility index (Phi) is 7.45. The maximum atomic E-state index is 12.8. The number of carbonyl (C=O) groups is 1. The Bertz CT molecular complexity index is 1490. The van der Waals surface area contributed by atoms with E-state index in [4.69, 9.17) is 4.74 Å². The minimum atomic E-state index is -1.17. The molecule has 39 heavy (non-hydrogen) atoms. The topological polar surface area (TPSA) is 127 Å². The number of aliphatic hydroxyl groups excluding tert-OH is 2. The number of piperazine rings is 1. The summed E-state index contributed by atoms with van der Waals surface area (Å²) in [5.74, 6) is 0.991. The second-order valence-corrected chi connectivity index (χ2v) is 9.65. The van der Waals surface area contributed by atoms with E-state index in [1.54, 1.807) is 59.9 Å². The molecule has 1 aliphatic heterocycles. The number of anilines is 1. The van der Waals surface area contributed by atoms with E-state index in [0.29, 0.717) is 48.6 Å². The van der Waals surface area contributed by atoms with Crippen LogP contribution in [-0.4, -0.2) is 74.0 Å². The second-order valence-electron chi connectivity index (χ2n) is 9.65. The number of aliphatic hydroxyl groups is 2. The first-order valence-electron chi connectivity index (χ1n) is 12.8. The molecule has 0 radical (unpaired) electrons. The maximum Gasteiger partial charge on any atom is 0.256 e. The third-order valence-electron chi connectivity index (χ3n) is 7.03. The van der Waals surface area contributed by atoms with Crippen LogP contribution in [0.2, 0.25) is 0 Å². The summed E-state index contributed by atoms with van der Waals surface area (Å²) < 4.78 is 7.51. The number of amides is 1. The summed E-state index contributed by atoms with van der Waals surface area (Å²) >= 11 is 0. The Morgan fingerprint density at radius 3 is 2.44 bits per heavy atom. The molecular weight excluding hydrogens is 496 g/mol. The van der Waals surface area contributed by atoms with Crippen molar-refractivity contribution in [2.45, 2.75) is 32.2 Å². The van der Waals surface area contributed by atoms with Gasteiger partial charge >= 0.3 is 0 Å². The normalized spacial score (nSPS) is 16.0. The first-order chi connectivity index (χ1) is 18.9. The zero-order chi connectivity index (χ0) is 27.5. The predicted molar refractivity (Wildman–Crippen MR) is 145 cm³/mol. The van der Waals surface area contributed by atoms with Crippen LogP contribution in [0.4, 0.5) is 5.82 Å². The molecule has 0 bridgehead atoms. The van der Waals surface area contributed by atoms with E-state index in [2.05, 4.69) is 21.1 Å². The molecule has 4 heterocycles. The summed E-state index contributed by atoms with van der Waals surface area (Å²) in [6.07, 6.45) is 2.69. The van der Waals surface area contributed by atoms with Gasteiger partial charge in [-0.15, -0.1) is 0 Å². The molecule has 2 N–H and O–H groups in total. The standard InChI is InChI=1S/C29H30N6O4/c1-19(36)20(2)39-24-14-25(27-23(15-30)17-32-35(27)18-24)22-8-9-26(31-16-22)33-10-12-34(13-11-33)29(38)28(37)21-6-4-3-5-7-21/h3-9,14,16-20,28,36-37H,10-13H2,1-2H3/t19?,20-,28+/m0/s1. The smallest absolute Gasteiger partial charge is 0.256 e. The van der Waals surface area contributed by atoms with E-state index >= 15 is 0 Å². The van der Waals surface area contributed by atoms with E-state index < -0.39 is 18.3 Å². The zero-order valence-electron chi connectivity index (χ0n) is 21.8. The summed E-state index contributed by atoms with van der Waals surface area (Å²) in [5.41, 5.74) is 3.19. The van der Waals surface area contributed by atoms with Crippen LogP contribution >= 0.6 is 0 Å². The number of benzene rings is 1. The van der Waals surface area contributed by atoms with Crippen LogP contribution in [0.3, 0.4) is 0 Å². The molecule has 1 amide bonds. The monoisotopic (exact) mass is 526 g/mol. The van der Waals surface area contributed by atoms with Crippen LogP contribution in [0.1, 0.15) is 31.1 Å². The highest BCUT2D eigenvalue weighted by atomic mass is 16.5. The molecule has 1 saturated heterocycles. The number of hydrogen-bond donors (Lipinski definition) is 2. The van der Waals surface area contributed by atoms with Gasteiger partial charge in [0.25, 0.3) is 5.91 Å². The molecule has 3 atom stereocenters. The molecule has 5 rings (SSSR count). The second kappa shape index (κ2) is 11.1. The van der Waals surface area contributed by atoms with Gasteiger partial charge in [0.05, 0.1) is 29.6 Å². The van der Waals surface area contributed by atoms with Crippen LogP contribution in [0.25, 0.3) is 16.6 Å². The highest BCUT2D eigenvalue weighted by Gasteiger charge is 2.27. The highest BCUT2D eigenvalue weighted by molar-refractivity contribution is 5.85. The number of pyridine rings is 2. The Morgan fingerprint density at radius 2 is 1.79 bits per heavy atom. The van der Waals surface area contributed by atoms with Crippen LogP contribution in [0, 0.1) is 11.3 Å². The summed E-state index contributed by atoms with van der Waals surface area (Å²) in [6.45, 7) is 5.58. The number of nitriles is 1. The van der Waals surface area contributed by atoms with Gasteiger partial charge in [-0.25, -0.2) is 9.50 Å². The maximum absolute atomic E-state index is 12.8. The fraction of sp³-hybridized carbons (Fsp3) is 0.310. The van der Waals surface area contributed by atoms with Gasteiger partial charge in [-0.2, -0.15) is 10.4 Å². The fourth-order valence-electron chi connectivity index (χ4n) is 4.62. The molecule has 0 aliphatic carbocycles. The Morgan fingerprint density at radius 1 is 1.05 bits per heavy atom. The van der Waals surface area contributed by atoms with Crippen LogP contribution in [0.15, 0.2) is 67.1 Å². The molecule has 1 fully saturated rings. The van der Waals surface area contributed by atoms with Gasteiger partial charge in [0.2, 0.25) is 0 Å². The number of ether oxygens (including phenoxy) is 1. The lowest BCUT2D eigenvalue weighted by atomic mass is 10.0. The molecule has 1 aliphatic rings. The molecule has 0 spiro atoms. The molecule has 3 aromatic heterocycles. The molecule has 200 valence electrons. The molecule has 10 nitrogen and oxygen atoms in total. The lowest BCUT2D eigenvalue weighted by molar-refractivity contribution is -0.140. The Hall–Kier alpha value is -4.46. The fourth-order valence-corrected chi connectivity index (χ4v) is 4.62. The molecule has 1 unspecified atom stereocenters. The molecule has 10 heteroatoms. The number of rotatable bonds is 7. The van der Waals surface area contributed by atoms with E-state index in [-0.39, 0.29) is 5.91 Å². The third-order valence-corrected chi connectivity index (χ3v) is 7.03. The zero-order valence-corrected chi connectivity index (χ0v) is 21.8. The number of nitrogens with zero attached hydrogens (tertiary/aromatic N) is 6. The van der Waals surface area contributed by atoms with Crippen molar-refractivity contribution in [3.8, 4) is 22.9 Å². The van der Waals surface area contributed by atoms with Crippen molar-refractivity contribution in [1.29, 1.82) is 5.26 Å². The van der Waals surface area contributed by atoms with Gasteiger partial charge < -0.3 is 24.7 Å².